The molecule has 8 nitrogen and oxygen atoms in total. The predicted octanol–water partition coefficient (Wildman–Crippen LogP) is 4.96. The van der Waals surface area contributed by atoms with Gasteiger partial charge in [0, 0.05) is 10.7 Å². The lowest BCUT2D eigenvalue weighted by molar-refractivity contribution is -0.120. The van der Waals surface area contributed by atoms with E-state index in [-0.39, 0.29) is 34.3 Å². The number of amides is 3. The number of carbonyl (C=O) groups is 4. The van der Waals surface area contributed by atoms with Crippen molar-refractivity contribution >= 4 is 64.0 Å². The first-order valence-corrected chi connectivity index (χ1v) is 11.4. The first kappa shape index (κ1) is 25.0. The zero-order chi connectivity index (χ0) is 26.0. The normalized spacial score (nSPS) is 13.2. The molecule has 3 N–H and O–H groups in total. The Kier molecular flexibility index (Phi) is 7.10. The van der Waals surface area contributed by atoms with Crippen LogP contribution in [0.15, 0.2) is 77.5 Å². The molecule has 0 atom stereocenters. The van der Waals surface area contributed by atoms with Gasteiger partial charge in [0.25, 0.3) is 11.8 Å². The van der Waals surface area contributed by atoms with Crippen molar-refractivity contribution in [1.82, 2.24) is 0 Å². The Hall–Kier alpha value is -4.14. The summed E-state index contributed by atoms with van der Waals surface area (Å²) in [4.78, 5) is 50.5. The topological polar surface area (TPSA) is 116 Å². The summed E-state index contributed by atoms with van der Waals surface area (Å²) < 4.78 is 0. The van der Waals surface area contributed by atoms with Crippen molar-refractivity contribution in [2.75, 3.05) is 15.5 Å². The van der Waals surface area contributed by atoms with Crippen molar-refractivity contribution < 1.29 is 24.3 Å². The molecular weight excluding hydrogens is 505 g/mol. The molecule has 3 amide bonds. The molecule has 1 aliphatic rings. The van der Waals surface area contributed by atoms with E-state index in [0.717, 1.165) is 4.90 Å². The fourth-order valence-electron chi connectivity index (χ4n) is 3.68. The highest BCUT2D eigenvalue weighted by Gasteiger charge is 2.39. The Morgan fingerprint density at radius 3 is 2.31 bits per heavy atom. The zero-order valence-electron chi connectivity index (χ0n) is 18.8. The van der Waals surface area contributed by atoms with Crippen molar-refractivity contribution in [1.29, 1.82) is 0 Å². The maximum Gasteiger partial charge on any atom is 0.337 e. The Morgan fingerprint density at radius 2 is 1.61 bits per heavy atom. The highest BCUT2D eigenvalue weighted by Crippen LogP contribution is 2.34. The molecule has 1 heterocycles. The summed E-state index contributed by atoms with van der Waals surface area (Å²) in [6.07, 6.45) is -0.00305. The molecule has 0 radical (unpaired) electrons. The molecule has 0 saturated carbocycles. The average Bonchev–Trinajstić information content (AvgIpc) is 3.05. The minimum Gasteiger partial charge on any atom is -0.478 e. The SMILES string of the molecule is Cc1c(Cl)cccc1N1C(=O)C(Cl)=C(Nc2ccc(CC(=O)Nc3ccccc3C(=O)O)cc2)C1=O. The number of anilines is 3. The number of benzene rings is 3. The molecule has 0 unspecified atom stereocenters. The van der Waals surface area contributed by atoms with E-state index in [1.54, 1.807) is 61.5 Å². The molecule has 0 fully saturated rings. The third-order valence-corrected chi connectivity index (χ3v) is 6.29. The van der Waals surface area contributed by atoms with Crippen LogP contribution in [0.2, 0.25) is 5.02 Å². The van der Waals surface area contributed by atoms with Crippen molar-refractivity contribution in [3.63, 3.8) is 0 Å². The fraction of sp³-hybridized carbons (Fsp3) is 0.0769. The maximum absolute atomic E-state index is 13.0. The summed E-state index contributed by atoms with van der Waals surface area (Å²) in [5.74, 6) is -2.81. The molecule has 182 valence electrons. The number of carboxylic acid groups (broad SMARTS) is 1. The Balaban J connectivity index is 1.45. The maximum atomic E-state index is 13.0. The predicted molar refractivity (Wildman–Crippen MR) is 137 cm³/mol. The van der Waals surface area contributed by atoms with E-state index in [1.807, 2.05) is 0 Å². The summed E-state index contributed by atoms with van der Waals surface area (Å²) in [6, 6.07) is 17.6. The molecule has 3 aromatic carbocycles. The van der Waals surface area contributed by atoms with Crippen LogP contribution in [0, 0.1) is 6.92 Å². The number of hydrogen-bond acceptors (Lipinski definition) is 5. The standard InChI is InChI=1S/C26H19Cl2N3O5/c1-14-18(27)6-4-8-20(14)31-24(33)22(28)23(25(31)34)29-16-11-9-15(10-12-16)13-21(32)30-19-7-3-2-5-17(19)26(35)36/h2-12,29H,13H2,1H3,(H,30,32)(H,35,36). The van der Waals surface area contributed by atoms with Crippen LogP contribution in [0.5, 0.6) is 0 Å². The summed E-state index contributed by atoms with van der Waals surface area (Å²) in [5, 5.41) is 14.9. The second kappa shape index (κ2) is 10.2. The minimum absolute atomic E-state index is 0.00305. The molecular formula is C26H19Cl2N3O5. The van der Waals surface area contributed by atoms with Gasteiger partial charge in [-0.05, 0) is 54.4 Å². The molecule has 0 aromatic heterocycles. The van der Waals surface area contributed by atoms with Crippen LogP contribution in [0.3, 0.4) is 0 Å². The van der Waals surface area contributed by atoms with Gasteiger partial charge >= 0.3 is 5.97 Å². The lowest BCUT2D eigenvalue weighted by Crippen LogP contribution is -2.32. The molecule has 0 saturated heterocycles. The van der Waals surface area contributed by atoms with Crippen molar-refractivity contribution in [3.8, 4) is 0 Å². The quantitative estimate of drug-likeness (QED) is 0.376. The second-order valence-electron chi connectivity index (χ2n) is 7.92. The minimum atomic E-state index is -1.14. The van der Waals surface area contributed by atoms with E-state index in [0.29, 0.717) is 27.5 Å². The summed E-state index contributed by atoms with van der Waals surface area (Å²) in [7, 11) is 0. The third kappa shape index (κ3) is 4.95. The van der Waals surface area contributed by atoms with Crippen LogP contribution >= 0.6 is 23.2 Å². The van der Waals surface area contributed by atoms with Gasteiger partial charge in [0.15, 0.2) is 0 Å². The van der Waals surface area contributed by atoms with Crippen LogP contribution in [-0.2, 0) is 20.8 Å². The highest BCUT2D eigenvalue weighted by atomic mass is 35.5. The van der Waals surface area contributed by atoms with Gasteiger partial charge in [0.1, 0.15) is 10.7 Å². The van der Waals surface area contributed by atoms with Crippen LogP contribution < -0.4 is 15.5 Å². The van der Waals surface area contributed by atoms with Gasteiger partial charge in [0.05, 0.1) is 23.4 Å². The Labute approximate surface area is 216 Å². The Bertz CT molecular complexity index is 1430. The van der Waals surface area contributed by atoms with Gasteiger partial charge in [-0.25, -0.2) is 9.69 Å². The van der Waals surface area contributed by atoms with Crippen LogP contribution in [-0.4, -0.2) is 28.8 Å². The van der Waals surface area contributed by atoms with Gasteiger partial charge in [0.2, 0.25) is 5.91 Å². The molecule has 36 heavy (non-hydrogen) atoms. The second-order valence-corrected chi connectivity index (χ2v) is 8.70. The van der Waals surface area contributed by atoms with Gasteiger partial charge in [-0.3, -0.25) is 14.4 Å². The monoisotopic (exact) mass is 523 g/mol. The number of para-hydroxylation sites is 1. The largest absolute Gasteiger partial charge is 0.478 e. The lowest BCUT2D eigenvalue weighted by atomic mass is 10.1. The van der Waals surface area contributed by atoms with Gasteiger partial charge in [-0.15, -0.1) is 0 Å². The van der Waals surface area contributed by atoms with Crippen LogP contribution in [0.25, 0.3) is 0 Å². The van der Waals surface area contributed by atoms with E-state index in [9.17, 15) is 24.3 Å². The number of nitrogens with zero attached hydrogens (tertiary/aromatic N) is 1. The van der Waals surface area contributed by atoms with Crippen molar-refractivity contribution in [2.45, 2.75) is 13.3 Å². The average molecular weight is 524 g/mol. The number of halogens is 2. The highest BCUT2D eigenvalue weighted by molar-refractivity contribution is 6.53. The van der Waals surface area contributed by atoms with Gasteiger partial charge in [-0.1, -0.05) is 53.5 Å². The number of rotatable bonds is 7. The van der Waals surface area contributed by atoms with E-state index in [1.165, 1.54) is 12.1 Å². The number of carboxylic acids is 1. The van der Waals surface area contributed by atoms with Gasteiger partial charge < -0.3 is 15.7 Å². The fourth-order valence-corrected chi connectivity index (χ4v) is 4.06. The zero-order valence-corrected chi connectivity index (χ0v) is 20.4. The first-order valence-electron chi connectivity index (χ1n) is 10.7. The molecule has 10 heteroatoms. The molecule has 1 aliphatic heterocycles. The molecule has 3 aromatic rings. The summed E-state index contributed by atoms with van der Waals surface area (Å²) in [5.41, 5.74) is 2.17. The van der Waals surface area contributed by atoms with E-state index < -0.39 is 17.8 Å². The van der Waals surface area contributed by atoms with Crippen molar-refractivity contribution in [3.05, 3.63) is 99.2 Å². The van der Waals surface area contributed by atoms with E-state index in [2.05, 4.69) is 10.6 Å². The number of carbonyl (C=O) groups excluding carboxylic acids is 3. The number of imide groups is 1. The smallest absolute Gasteiger partial charge is 0.337 e. The van der Waals surface area contributed by atoms with Crippen LogP contribution in [0.4, 0.5) is 17.1 Å². The lowest BCUT2D eigenvalue weighted by Gasteiger charge is -2.18. The number of nitrogens with one attached hydrogen (secondary N) is 2. The number of hydrogen-bond donors (Lipinski definition) is 3. The Morgan fingerprint density at radius 1 is 0.917 bits per heavy atom. The molecule has 0 bridgehead atoms. The summed E-state index contributed by atoms with van der Waals surface area (Å²) in [6.45, 7) is 1.70. The van der Waals surface area contributed by atoms with E-state index >= 15 is 0 Å². The molecule has 4 rings (SSSR count). The van der Waals surface area contributed by atoms with Crippen molar-refractivity contribution in [2.24, 2.45) is 0 Å². The molecule has 0 aliphatic carbocycles. The summed E-state index contributed by atoms with van der Waals surface area (Å²) >= 11 is 12.3. The van der Waals surface area contributed by atoms with Gasteiger partial charge in [-0.2, -0.15) is 0 Å². The van der Waals surface area contributed by atoms with Crippen LogP contribution in [0.1, 0.15) is 21.5 Å². The molecule has 0 spiro atoms. The third-order valence-electron chi connectivity index (χ3n) is 5.53. The number of aromatic carboxylic acids is 1. The first-order chi connectivity index (χ1) is 17.2. The van der Waals surface area contributed by atoms with E-state index in [4.69, 9.17) is 23.2 Å².